The Hall–Kier alpha value is -5.52. The average Bonchev–Trinajstić information content (AvgIpc) is 3.32. The lowest BCUT2D eigenvalue weighted by Crippen LogP contribution is -1.98. The van der Waals surface area contributed by atoms with Gasteiger partial charge >= 0.3 is 0 Å². The van der Waals surface area contributed by atoms with E-state index in [9.17, 15) is 10.5 Å². The molecular formula is C32H14N4O. The number of nitrogens with zero attached hydrogens (tertiary/aromatic N) is 4. The van der Waals surface area contributed by atoms with Gasteiger partial charge in [-0.2, -0.15) is 10.5 Å². The summed E-state index contributed by atoms with van der Waals surface area (Å²) in [6, 6.07) is 32.9. The molecule has 0 N–H and O–H groups in total. The Bertz CT molecular complexity index is 2390. The molecule has 6 aromatic carbocycles. The van der Waals surface area contributed by atoms with E-state index >= 15 is 0 Å². The van der Waals surface area contributed by atoms with Gasteiger partial charge in [-0.3, -0.25) is 0 Å². The normalized spacial score (nSPS) is 11.7. The van der Waals surface area contributed by atoms with E-state index in [-0.39, 0.29) is 11.4 Å². The fourth-order valence-corrected chi connectivity index (χ4v) is 5.79. The molecule has 5 nitrogen and oxygen atoms in total. The number of furan rings is 1. The quantitative estimate of drug-likeness (QED) is 0.210. The Kier molecular flexibility index (Phi) is 3.74. The van der Waals surface area contributed by atoms with Gasteiger partial charge in [-0.1, -0.05) is 66.7 Å². The second kappa shape index (κ2) is 7.01. The highest BCUT2D eigenvalue weighted by molar-refractivity contribution is 6.39. The predicted octanol–water partition coefficient (Wildman–Crippen LogP) is 7.89. The molecule has 0 saturated heterocycles. The van der Waals surface area contributed by atoms with Gasteiger partial charge in [0.1, 0.15) is 23.3 Å². The Balaban J connectivity index is 1.78. The van der Waals surface area contributed by atoms with Crippen molar-refractivity contribution in [3.05, 3.63) is 96.3 Å². The minimum atomic E-state index is 0.0258. The Morgan fingerprint density at radius 3 is 1.73 bits per heavy atom. The van der Waals surface area contributed by atoms with Crippen LogP contribution in [-0.4, -0.2) is 9.97 Å². The summed E-state index contributed by atoms with van der Waals surface area (Å²) in [6.45, 7) is 0. The van der Waals surface area contributed by atoms with Crippen molar-refractivity contribution in [2.24, 2.45) is 0 Å². The third kappa shape index (κ3) is 2.50. The number of fused-ring (bicyclic) bond motifs is 14. The number of rotatable bonds is 0. The van der Waals surface area contributed by atoms with Crippen molar-refractivity contribution in [1.29, 1.82) is 10.5 Å². The number of hydrogen-bond acceptors (Lipinski definition) is 5. The van der Waals surface area contributed by atoms with Crippen molar-refractivity contribution in [3.8, 4) is 12.1 Å². The van der Waals surface area contributed by atoms with Crippen molar-refractivity contribution in [1.82, 2.24) is 9.97 Å². The van der Waals surface area contributed by atoms with Crippen LogP contribution in [0.2, 0.25) is 0 Å². The number of aromatic nitrogens is 2. The van der Waals surface area contributed by atoms with E-state index in [1.807, 2.05) is 48.5 Å². The number of benzene rings is 6. The molecule has 0 spiro atoms. The minimum absolute atomic E-state index is 0.0258. The fraction of sp³-hybridized carbons (Fsp3) is 0. The maximum atomic E-state index is 9.80. The van der Waals surface area contributed by atoms with Crippen molar-refractivity contribution in [2.45, 2.75) is 0 Å². The fourth-order valence-electron chi connectivity index (χ4n) is 5.79. The van der Waals surface area contributed by atoms with Gasteiger partial charge in [-0.05, 0) is 45.1 Å². The zero-order chi connectivity index (χ0) is 24.7. The second-order valence-corrected chi connectivity index (χ2v) is 9.17. The predicted molar refractivity (Wildman–Crippen MR) is 146 cm³/mol. The standard InChI is InChI=1S/C32H14N4O/c33-15-25-26(16-34)36-32-30-21-11-4-2-8-18(21)17-7-1-3-10-20(17)29(30)23-14-28-22(13-24(23)31(32)35-25)19-9-5-6-12-27(19)37-28/h1-14H. The van der Waals surface area contributed by atoms with Crippen molar-refractivity contribution < 1.29 is 4.42 Å². The first kappa shape index (κ1) is 19.8. The molecule has 2 heterocycles. The van der Waals surface area contributed by atoms with E-state index in [4.69, 9.17) is 14.4 Å². The summed E-state index contributed by atoms with van der Waals surface area (Å²) in [5.41, 5.74) is 2.87. The number of nitriles is 2. The molecule has 5 heteroatoms. The maximum Gasteiger partial charge on any atom is 0.177 e. The number of hydrogen-bond donors (Lipinski definition) is 0. The SMILES string of the molecule is N#Cc1nc2c3cc4c(cc3c3c5ccccc5c5ccccc5c3c2nc1C#N)oc1ccccc14. The zero-order valence-electron chi connectivity index (χ0n) is 19.3. The molecule has 37 heavy (non-hydrogen) atoms. The Morgan fingerprint density at radius 2 is 1.05 bits per heavy atom. The summed E-state index contributed by atoms with van der Waals surface area (Å²) in [7, 11) is 0. The van der Waals surface area contributed by atoms with Crippen LogP contribution >= 0.6 is 0 Å². The summed E-state index contributed by atoms with van der Waals surface area (Å²) in [4.78, 5) is 9.48. The third-order valence-corrected chi connectivity index (χ3v) is 7.32. The van der Waals surface area contributed by atoms with E-state index in [1.54, 1.807) is 0 Å². The van der Waals surface area contributed by atoms with Crippen molar-refractivity contribution in [2.75, 3.05) is 0 Å². The van der Waals surface area contributed by atoms with Crippen LogP contribution in [0.15, 0.2) is 89.3 Å². The Labute approximate surface area is 209 Å². The topological polar surface area (TPSA) is 86.5 Å². The van der Waals surface area contributed by atoms with E-state index in [2.05, 4.69) is 48.5 Å². The molecule has 0 aliphatic rings. The van der Waals surface area contributed by atoms with Crippen LogP contribution in [-0.2, 0) is 0 Å². The smallest absolute Gasteiger partial charge is 0.177 e. The molecule has 0 saturated carbocycles. The van der Waals surface area contributed by atoms with Crippen LogP contribution in [0, 0.1) is 22.7 Å². The lowest BCUT2D eigenvalue weighted by Gasteiger charge is -2.15. The molecule has 8 aromatic rings. The van der Waals surface area contributed by atoms with E-state index < -0.39 is 0 Å². The average molecular weight is 470 g/mol. The van der Waals surface area contributed by atoms with Crippen molar-refractivity contribution >= 4 is 76.1 Å². The van der Waals surface area contributed by atoms with Crippen LogP contribution in [0.4, 0.5) is 0 Å². The van der Waals surface area contributed by atoms with Gasteiger partial charge in [0.2, 0.25) is 0 Å². The highest BCUT2D eigenvalue weighted by Crippen LogP contribution is 2.44. The first-order chi connectivity index (χ1) is 18.3. The summed E-state index contributed by atoms with van der Waals surface area (Å²) in [6.07, 6.45) is 0. The molecule has 0 aliphatic heterocycles. The van der Waals surface area contributed by atoms with E-state index in [0.29, 0.717) is 11.0 Å². The van der Waals surface area contributed by atoms with Gasteiger partial charge < -0.3 is 4.42 Å². The summed E-state index contributed by atoms with van der Waals surface area (Å²) in [5.74, 6) is 0. The van der Waals surface area contributed by atoms with Gasteiger partial charge in [-0.15, -0.1) is 0 Å². The summed E-state index contributed by atoms with van der Waals surface area (Å²) in [5, 5.41) is 29.7. The highest BCUT2D eigenvalue weighted by atomic mass is 16.3. The van der Waals surface area contributed by atoms with E-state index in [0.717, 1.165) is 65.0 Å². The van der Waals surface area contributed by atoms with Crippen LogP contribution < -0.4 is 0 Å². The molecule has 0 unspecified atom stereocenters. The monoisotopic (exact) mass is 470 g/mol. The minimum Gasteiger partial charge on any atom is -0.456 e. The van der Waals surface area contributed by atoms with Gasteiger partial charge in [0, 0.05) is 26.9 Å². The van der Waals surface area contributed by atoms with Crippen LogP contribution in [0.25, 0.3) is 76.1 Å². The Morgan fingerprint density at radius 1 is 0.486 bits per heavy atom. The molecule has 168 valence electrons. The lowest BCUT2D eigenvalue weighted by molar-refractivity contribution is 0.669. The summed E-state index contributed by atoms with van der Waals surface area (Å²) >= 11 is 0. The van der Waals surface area contributed by atoms with Gasteiger partial charge in [-0.25, -0.2) is 9.97 Å². The van der Waals surface area contributed by atoms with Crippen molar-refractivity contribution in [3.63, 3.8) is 0 Å². The highest BCUT2D eigenvalue weighted by Gasteiger charge is 2.21. The maximum absolute atomic E-state index is 9.80. The molecule has 0 atom stereocenters. The molecule has 0 aliphatic carbocycles. The first-order valence-corrected chi connectivity index (χ1v) is 11.9. The first-order valence-electron chi connectivity index (χ1n) is 11.9. The molecule has 2 aromatic heterocycles. The van der Waals surface area contributed by atoms with Crippen LogP contribution in [0.3, 0.4) is 0 Å². The molecule has 0 radical (unpaired) electrons. The van der Waals surface area contributed by atoms with Gasteiger partial charge in [0.25, 0.3) is 0 Å². The van der Waals surface area contributed by atoms with Crippen LogP contribution in [0.1, 0.15) is 11.4 Å². The zero-order valence-corrected chi connectivity index (χ0v) is 19.3. The van der Waals surface area contributed by atoms with E-state index in [1.165, 1.54) is 0 Å². The largest absolute Gasteiger partial charge is 0.456 e. The molecule has 0 bridgehead atoms. The molecule has 0 fully saturated rings. The third-order valence-electron chi connectivity index (χ3n) is 7.32. The van der Waals surface area contributed by atoms with Crippen LogP contribution in [0.5, 0.6) is 0 Å². The summed E-state index contributed by atoms with van der Waals surface area (Å²) < 4.78 is 6.27. The molecule has 0 amide bonds. The molecule has 8 rings (SSSR count). The van der Waals surface area contributed by atoms with Gasteiger partial charge in [0.15, 0.2) is 11.4 Å². The second-order valence-electron chi connectivity index (χ2n) is 9.17. The number of para-hydroxylation sites is 1. The van der Waals surface area contributed by atoms with Gasteiger partial charge in [0.05, 0.1) is 11.0 Å². The molecular weight excluding hydrogens is 456 g/mol. The lowest BCUT2D eigenvalue weighted by atomic mass is 9.89.